The van der Waals surface area contributed by atoms with Gasteiger partial charge in [-0.05, 0) is 49.7 Å². The predicted octanol–water partition coefficient (Wildman–Crippen LogP) is 3.75. The molecule has 0 aliphatic carbocycles. The number of aryl methyl sites for hydroxylation is 2. The quantitative estimate of drug-likeness (QED) is 0.670. The molecule has 0 unspecified atom stereocenters. The van der Waals surface area contributed by atoms with Gasteiger partial charge in [-0.25, -0.2) is 9.97 Å². The van der Waals surface area contributed by atoms with Gasteiger partial charge in [-0.15, -0.1) is 0 Å². The minimum atomic E-state index is 0.579. The van der Waals surface area contributed by atoms with Gasteiger partial charge in [0.15, 0.2) is 11.6 Å². The van der Waals surface area contributed by atoms with Crippen LogP contribution in [0.15, 0.2) is 48.8 Å². The van der Waals surface area contributed by atoms with Crippen molar-refractivity contribution in [2.24, 2.45) is 0 Å². The van der Waals surface area contributed by atoms with Crippen molar-refractivity contribution in [3.63, 3.8) is 0 Å². The van der Waals surface area contributed by atoms with Crippen LogP contribution in [0, 0.1) is 13.8 Å². The standard InChI is InChI=1S/C23H28N6O/c1-16-4-9-20(17(2)14-16)27-22-21(24)23(26-15-25-22)29-12-10-28(11-13-29)18-5-7-19(30-3)8-6-18/h4-9,14-15H,10-13,24H2,1-3H3,(H,25,26,27). The topological polar surface area (TPSA) is 79.5 Å². The molecule has 1 aliphatic rings. The molecule has 0 spiro atoms. The second-order valence-corrected chi connectivity index (χ2v) is 7.58. The molecule has 0 atom stereocenters. The normalized spacial score (nSPS) is 14.0. The van der Waals surface area contributed by atoms with Gasteiger partial charge < -0.3 is 25.6 Å². The summed E-state index contributed by atoms with van der Waals surface area (Å²) in [7, 11) is 1.68. The third-order valence-corrected chi connectivity index (χ3v) is 5.51. The Morgan fingerprint density at radius 2 is 1.63 bits per heavy atom. The number of ether oxygens (including phenoxy) is 1. The number of nitrogen functional groups attached to an aromatic ring is 1. The van der Waals surface area contributed by atoms with Crippen LogP contribution in [0.4, 0.5) is 28.7 Å². The zero-order valence-electron chi connectivity index (χ0n) is 17.7. The molecule has 1 aliphatic heterocycles. The van der Waals surface area contributed by atoms with Crippen molar-refractivity contribution in [3.05, 3.63) is 59.9 Å². The maximum atomic E-state index is 6.46. The SMILES string of the molecule is COc1ccc(N2CCN(c3ncnc(Nc4ccc(C)cc4C)c3N)CC2)cc1. The van der Waals surface area contributed by atoms with E-state index in [2.05, 4.69) is 69.3 Å². The average Bonchev–Trinajstić information content (AvgIpc) is 2.77. The Morgan fingerprint density at radius 1 is 0.933 bits per heavy atom. The van der Waals surface area contributed by atoms with Gasteiger partial charge in [0.1, 0.15) is 17.8 Å². The van der Waals surface area contributed by atoms with Crippen LogP contribution in [0.1, 0.15) is 11.1 Å². The number of hydrogen-bond donors (Lipinski definition) is 2. The molecular formula is C23H28N6O. The summed E-state index contributed by atoms with van der Waals surface area (Å²) in [5, 5.41) is 3.37. The van der Waals surface area contributed by atoms with Crippen molar-refractivity contribution in [1.82, 2.24) is 9.97 Å². The Kier molecular flexibility index (Phi) is 5.61. The molecule has 0 saturated carbocycles. The number of hydrogen-bond acceptors (Lipinski definition) is 7. The molecule has 1 fully saturated rings. The van der Waals surface area contributed by atoms with Gasteiger partial charge in [0.05, 0.1) is 7.11 Å². The minimum Gasteiger partial charge on any atom is -0.497 e. The molecule has 3 N–H and O–H groups in total. The Hall–Kier alpha value is -3.48. The molecule has 0 amide bonds. The lowest BCUT2D eigenvalue weighted by atomic mass is 10.1. The third-order valence-electron chi connectivity index (χ3n) is 5.51. The van der Waals surface area contributed by atoms with E-state index in [1.165, 1.54) is 11.3 Å². The number of piperazine rings is 1. The zero-order chi connectivity index (χ0) is 21.1. The van der Waals surface area contributed by atoms with E-state index >= 15 is 0 Å². The first-order chi connectivity index (χ1) is 14.5. The fourth-order valence-corrected chi connectivity index (χ4v) is 3.79. The van der Waals surface area contributed by atoms with Crippen LogP contribution in [0.25, 0.3) is 0 Å². The van der Waals surface area contributed by atoms with Crippen LogP contribution in [0.3, 0.4) is 0 Å². The van der Waals surface area contributed by atoms with Crippen molar-refractivity contribution >= 4 is 28.7 Å². The molecule has 2 aromatic carbocycles. The van der Waals surface area contributed by atoms with Crippen LogP contribution in [0.5, 0.6) is 5.75 Å². The molecule has 1 saturated heterocycles. The van der Waals surface area contributed by atoms with Crippen LogP contribution >= 0.6 is 0 Å². The largest absolute Gasteiger partial charge is 0.497 e. The first-order valence-corrected chi connectivity index (χ1v) is 10.1. The molecule has 7 heteroatoms. The van der Waals surface area contributed by atoms with Gasteiger partial charge in [0, 0.05) is 37.6 Å². The summed E-state index contributed by atoms with van der Waals surface area (Å²) in [6.07, 6.45) is 1.58. The fraction of sp³-hybridized carbons (Fsp3) is 0.304. The van der Waals surface area contributed by atoms with Gasteiger partial charge in [0.25, 0.3) is 0 Å². The van der Waals surface area contributed by atoms with Crippen LogP contribution in [-0.4, -0.2) is 43.3 Å². The summed E-state index contributed by atoms with van der Waals surface area (Å²) < 4.78 is 5.25. The number of nitrogens with two attached hydrogens (primary N) is 1. The minimum absolute atomic E-state index is 0.579. The molecule has 1 aromatic heterocycles. The number of methoxy groups -OCH3 is 1. The number of rotatable bonds is 5. The van der Waals surface area contributed by atoms with E-state index in [0.717, 1.165) is 49.0 Å². The lowest BCUT2D eigenvalue weighted by Crippen LogP contribution is -2.47. The second kappa shape index (κ2) is 8.49. The predicted molar refractivity (Wildman–Crippen MR) is 123 cm³/mol. The summed E-state index contributed by atoms with van der Waals surface area (Å²) >= 11 is 0. The summed E-state index contributed by atoms with van der Waals surface area (Å²) in [5.41, 5.74) is 11.6. The molecule has 30 heavy (non-hydrogen) atoms. The molecule has 0 radical (unpaired) electrons. The lowest BCUT2D eigenvalue weighted by molar-refractivity contribution is 0.415. The number of nitrogens with one attached hydrogen (secondary N) is 1. The summed E-state index contributed by atoms with van der Waals surface area (Å²) in [6, 6.07) is 14.5. The molecule has 4 rings (SSSR count). The van der Waals surface area contributed by atoms with E-state index in [0.29, 0.717) is 11.5 Å². The van der Waals surface area contributed by atoms with E-state index in [-0.39, 0.29) is 0 Å². The third kappa shape index (κ3) is 4.10. The van der Waals surface area contributed by atoms with E-state index in [4.69, 9.17) is 10.5 Å². The Morgan fingerprint density at radius 3 is 2.30 bits per heavy atom. The van der Waals surface area contributed by atoms with E-state index in [9.17, 15) is 0 Å². The molecule has 156 valence electrons. The number of nitrogens with zero attached hydrogens (tertiary/aromatic N) is 4. The number of aromatic nitrogens is 2. The van der Waals surface area contributed by atoms with Crippen LogP contribution in [-0.2, 0) is 0 Å². The van der Waals surface area contributed by atoms with Gasteiger partial charge in [-0.3, -0.25) is 0 Å². The highest BCUT2D eigenvalue weighted by molar-refractivity contribution is 5.79. The van der Waals surface area contributed by atoms with Crippen molar-refractivity contribution in [2.45, 2.75) is 13.8 Å². The molecule has 0 bridgehead atoms. The van der Waals surface area contributed by atoms with E-state index in [1.807, 2.05) is 12.1 Å². The average molecular weight is 405 g/mol. The van der Waals surface area contributed by atoms with Crippen molar-refractivity contribution in [2.75, 3.05) is 54.1 Å². The van der Waals surface area contributed by atoms with Crippen LogP contribution < -0.4 is 25.6 Å². The fourth-order valence-electron chi connectivity index (χ4n) is 3.79. The molecule has 2 heterocycles. The number of anilines is 5. The Labute approximate surface area is 177 Å². The van der Waals surface area contributed by atoms with Crippen molar-refractivity contribution < 1.29 is 4.74 Å². The summed E-state index contributed by atoms with van der Waals surface area (Å²) in [4.78, 5) is 13.4. The summed E-state index contributed by atoms with van der Waals surface area (Å²) in [6.45, 7) is 7.64. The highest BCUT2D eigenvalue weighted by atomic mass is 16.5. The highest BCUT2D eigenvalue weighted by Crippen LogP contribution is 2.31. The van der Waals surface area contributed by atoms with Crippen molar-refractivity contribution in [3.8, 4) is 5.75 Å². The lowest BCUT2D eigenvalue weighted by Gasteiger charge is -2.37. The summed E-state index contributed by atoms with van der Waals surface area (Å²) in [5.74, 6) is 2.30. The van der Waals surface area contributed by atoms with Crippen LogP contribution in [0.2, 0.25) is 0 Å². The Balaban J connectivity index is 1.46. The maximum Gasteiger partial charge on any atom is 0.159 e. The van der Waals surface area contributed by atoms with E-state index in [1.54, 1.807) is 13.4 Å². The molecule has 3 aromatic rings. The smallest absolute Gasteiger partial charge is 0.159 e. The maximum absolute atomic E-state index is 6.46. The number of benzene rings is 2. The molecule has 7 nitrogen and oxygen atoms in total. The highest BCUT2D eigenvalue weighted by Gasteiger charge is 2.21. The monoisotopic (exact) mass is 404 g/mol. The first kappa shape index (κ1) is 19.8. The molecular weight excluding hydrogens is 376 g/mol. The van der Waals surface area contributed by atoms with Crippen molar-refractivity contribution in [1.29, 1.82) is 0 Å². The van der Waals surface area contributed by atoms with Gasteiger partial charge in [-0.1, -0.05) is 17.7 Å². The van der Waals surface area contributed by atoms with E-state index < -0.39 is 0 Å². The zero-order valence-corrected chi connectivity index (χ0v) is 17.7. The Bertz CT molecular complexity index is 1010. The van der Waals surface area contributed by atoms with Gasteiger partial charge >= 0.3 is 0 Å². The second-order valence-electron chi connectivity index (χ2n) is 7.58. The van der Waals surface area contributed by atoms with Gasteiger partial charge in [0.2, 0.25) is 0 Å². The first-order valence-electron chi connectivity index (χ1n) is 10.1. The van der Waals surface area contributed by atoms with Gasteiger partial charge in [-0.2, -0.15) is 0 Å².